The average molecular weight is 638 g/mol. The van der Waals surface area contributed by atoms with Crippen molar-refractivity contribution in [3.63, 3.8) is 0 Å². The first-order valence-electron chi connectivity index (χ1n) is 15.9. The van der Waals surface area contributed by atoms with Gasteiger partial charge in [-0.15, -0.1) is 0 Å². The van der Waals surface area contributed by atoms with Crippen LogP contribution in [0.1, 0.15) is 118 Å². The molecule has 0 radical (unpaired) electrons. The third-order valence-electron chi connectivity index (χ3n) is 10.1. The summed E-state index contributed by atoms with van der Waals surface area (Å²) in [5, 5.41) is 10.2. The summed E-state index contributed by atoms with van der Waals surface area (Å²) in [4.78, 5) is 37.0. The monoisotopic (exact) mass is 637 g/mol. The molecule has 0 amide bonds. The summed E-state index contributed by atoms with van der Waals surface area (Å²) >= 11 is 0. The van der Waals surface area contributed by atoms with Crippen molar-refractivity contribution < 1.29 is 33.3 Å². The van der Waals surface area contributed by atoms with Gasteiger partial charge in [-0.1, -0.05) is 33.8 Å². The number of aldehydes is 1. The van der Waals surface area contributed by atoms with Crippen LogP contribution in [0.5, 0.6) is 17.2 Å². The minimum absolute atomic E-state index is 0.0112. The lowest BCUT2D eigenvalue weighted by molar-refractivity contribution is -0.0246. The number of methoxy groups -OCH3 is 2. The highest BCUT2D eigenvalue weighted by molar-refractivity contribution is 6.01. The van der Waals surface area contributed by atoms with Gasteiger partial charge in [0, 0.05) is 16.7 Å². The molecule has 1 fully saturated rings. The first-order valence-corrected chi connectivity index (χ1v) is 15.9. The largest absolute Gasteiger partial charge is 0.496 e. The smallest absolute Gasteiger partial charge is 0.343 e. The SMILES string of the molecule is COC(=O)c1cc(C(=O)Oc2ccc3c(c2C)OC(CC(C)(C)c2c(C#N)cc(OC)c(C)c2C)(C2CC2)CC3(C)C)ccc1C=O. The third kappa shape index (κ3) is 6.00. The first kappa shape index (κ1) is 33.7. The van der Waals surface area contributed by atoms with Gasteiger partial charge in [0.1, 0.15) is 22.8 Å². The number of nitrogens with zero attached hydrogens (tertiary/aromatic N) is 1. The molecule has 0 bridgehead atoms. The molecule has 0 spiro atoms. The third-order valence-corrected chi connectivity index (χ3v) is 10.1. The van der Waals surface area contributed by atoms with E-state index in [9.17, 15) is 19.6 Å². The summed E-state index contributed by atoms with van der Waals surface area (Å²) in [7, 11) is 2.84. The summed E-state index contributed by atoms with van der Waals surface area (Å²) in [6.45, 7) is 14.8. The van der Waals surface area contributed by atoms with Crippen LogP contribution >= 0.6 is 0 Å². The molecule has 3 aromatic carbocycles. The molecule has 1 heterocycles. The van der Waals surface area contributed by atoms with E-state index in [1.165, 1.54) is 25.3 Å². The highest BCUT2D eigenvalue weighted by Gasteiger charge is 2.56. The van der Waals surface area contributed by atoms with E-state index >= 15 is 0 Å². The lowest BCUT2D eigenvalue weighted by Gasteiger charge is -2.50. The van der Waals surface area contributed by atoms with Crippen LogP contribution in [0, 0.1) is 38.0 Å². The Labute approximate surface area is 277 Å². The number of carbonyl (C=O) groups excluding carboxylic acids is 3. The fraction of sp³-hybridized carbons (Fsp3) is 0.436. The summed E-state index contributed by atoms with van der Waals surface area (Å²) in [6.07, 6.45) is 4.15. The molecule has 1 unspecified atom stereocenters. The van der Waals surface area contributed by atoms with Crippen LogP contribution in [0.3, 0.4) is 0 Å². The number of carbonyl (C=O) groups is 3. The predicted octanol–water partition coefficient (Wildman–Crippen LogP) is 7.89. The number of esters is 2. The second-order valence-corrected chi connectivity index (χ2v) is 14.3. The van der Waals surface area contributed by atoms with Crippen molar-refractivity contribution in [3.8, 4) is 23.3 Å². The van der Waals surface area contributed by atoms with E-state index in [1.54, 1.807) is 13.2 Å². The highest BCUT2D eigenvalue weighted by atomic mass is 16.5. The molecule has 0 aromatic heterocycles. The Balaban J connectivity index is 1.53. The maximum Gasteiger partial charge on any atom is 0.343 e. The van der Waals surface area contributed by atoms with Crippen molar-refractivity contribution in [2.45, 2.75) is 90.6 Å². The molecular weight excluding hydrogens is 594 g/mol. The molecule has 1 aliphatic carbocycles. The number of ether oxygens (including phenoxy) is 4. The van der Waals surface area contributed by atoms with E-state index in [1.807, 2.05) is 26.0 Å². The van der Waals surface area contributed by atoms with Crippen molar-refractivity contribution in [2.75, 3.05) is 14.2 Å². The topological polar surface area (TPSA) is 112 Å². The summed E-state index contributed by atoms with van der Waals surface area (Å²) in [5.74, 6) is 0.724. The van der Waals surface area contributed by atoms with E-state index in [0.717, 1.165) is 41.5 Å². The van der Waals surface area contributed by atoms with Crippen LogP contribution in [-0.2, 0) is 15.6 Å². The fourth-order valence-corrected chi connectivity index (χ4v) is 7.74. The van der Waals surface area contributed by atoms with Gasteiger partial charge in [0.25, 0.3) is 0 Å². The van der Waals surface area contributed by atoms with Crippen molar-refractivity contribution in [1.29, 1.82) is 5.26 Å². The number of nitriles is 1. The molecular formula is C39H43NO7. The predicted molar refractivity (Wildman–Crippen MR) is 178 cm³/mol. The molecule has 47 heavy (non-hydrogen) atoms. The molecule has 1 aliphatic heterocycles. The van der Waals surface area contributed by atoms with Crippen molar-refractivity contribution in [3.05, 3.63) is 86.5 Å². The van der Waals surface area contributed by atoms with Gasteiger partial charge in [0.15, 0.2) is 6.29 Å². The van der Waals surface area contributed by atoms with Crippen LogP contribution in [0.4, 0.5) is 0 Å². The number of rotatable bonds is 9. The van der Waals surface area contributed by atoms with Crippen molar-refractivity contribution in [2.24, 2.45) is 5.92 Å². The van der Waals surface area contributed by atoms with E-state index in [2.05, 4.69) is 40.7 Å². The molecule has 2 aliphatic rings. The van der Waals surface area contributed by atoms with E-state index in [0.29, 0.717) is 47.0 Å². The maximum atomic E-state index is 13.3. The molecule has 0 saturated heterocycles. The van der Waals surface area contributed by atoms with Gasteiger partial charge in [-0.3, -0.25) is 4.79 Å². The van der Waals surface area contributed by atoms with E-state index in [-0.39, 0.29) is 22.1 Å². The zero-order valence-corrected chi connectivity index (χ0v) is 28.8. The molecule has 8 heteroatoms. The van der Waals surface area contributed by atoms with Gasteiger partial charge in [0.05, 0.1) is 37.0 Å². The molecule has 0 N–H and O–H groups in total. The summed E-state index contributed by atoms with van der Waals surface area (Å²) < 4.78 is 23.4. The van der Waals surface area contributed by atoms with E-state index < -0.39 is 23.0 Å². The molecule has 8 nitrogen and oxygen atoms in total. The lowest BCUT2D eigenvalue weighted by atomic mass is 9.63. The molecule has 5 rings (SSSR count). The number of hydrogen-bond acceptors (Lipinski definition) is 8. The zero-order chi connectivity index (χ0) is 34.5. The van der Waals surface area contributed by atoms with Gasteiger partial charge in [0.2, 0.25) is 0 Å². The minimum Gasteiger partial charge on any atom is -0.496 e. The van der Waals surface area contributed by atoms with Crippen LogP contribution < -0.4 is 14.2 Å². The highest BCUT2D eigenvalue weighted by Crippen LogP contribution is 2.59. The zero-order valence-electron chi connectivity index (χ0n) is 28.8. The minimum atomic E-state index is -0.719. The van der Waals surface area contributed by atoms with Crippen LogP contribution in [-0.4, -0.2) is 38.0 Å². The Morgan fingerprint density at radius 1 is 1.00 bits per heavy atom. The van der Waals surface area contributed by atoms with Crippen LogP contribution in [0.2, 0.25) is 0 Å². The van der Waals surface area contributed by atoms with Gasteiger partial charge in [-0.2, -0.15) is 5.26 Å². The average Bonchev–Trinajstić information content (AvgIpc) is 3.89. The second-order valence-electron chi connectivity index (χ2n) is 14.3. The fourth-order valence-electron chi connectivity index (χ4n) is 7.74. The van der Waals surface area contributed by atoms with Crippen LogP contribution in [0.25, 0.3) is 0 Å². The van der Waals surface area contributed by atoms with Crippen molar-refractivity contribution >= 4 is 18.2 Å². The Morgan fingerprint density at radius 3 is 2.30 bits per heavy atom. The summed E-state index contributed by atoms with van der Waals surface area (Å²) in [5.41, 5.74) is 4.49. The van der Waals surface area contributed by atoms with Gasteiger partial charge in [-0.05, 0) is 110 Å². The normalized spacial score (nSPS) is 18.3. The van der Waals surface area contributed by atoms with Gasteiger partial charge in [-0.25, -0.2) is 9.59 Å². The number of fused-ring (bicyclic) bond motifs is 1. The van der Waals surface area contributed by atoms with Gasteiger partial charge < -0.3 is 18.9 Å². The Hall–Kier alpha value is -4.64. The van der Waals surface area contributed by atoms with Crippen molar-refractivity contribution in [1.82, 2.24) is 0 Å². The molecule has 3 aromatic rings. The van der Waals surface area contributed by atoms with E-state index in [4.69, 9.17) is 18.9 Å². The Morgan fingerprint density at radius 2 is 1.70 bits per heavy atom. The first-order chi connectivity index (χ1) is 22.1. The quantitative estimate of drug-likeness (QED) is 0.132. The number of hydrogen-bond donors (Lipinski definition) is 0. The Kier molecular flexibility index (Phi) is 8.74. The second kappa shape index (κ2) is 12.2. The standard InChI is InChI=1S/C39H43NO7/c1-22-23(2)33(27(18-40)17-32(22)44-8)38(6,7)21-39(28-12-13-28)20-37(4,5)30-14-15-31(24(3)34(30)47-39)46-35(42)25-10-11-26(19-41)29(16-25)36(43)45-9/h10-11,14-17,19,28H,12-13,20-21H2,1-9H3. The maximum absolute atomic E-state index is 13.3. The molecule has 1 atom stereocenters. The molecule has 246 valence electrons. The van der Waals surface area contributed by atoms with Crippen LogP contribution in [0.15, 0.2) is 36.4 Å². The lowest BCUT2D eigenvalue weighted by Crippen LogP contribution is -2.51. The number of benzene rings is 3. The molecule has 1 saturated carbocycles. The van der Waals surface area contributed by atoms with Gasteiger partial charge >= 0.3 is 11.9 Å². The summed E-state index contributed by atoms with van der Waals surface area (Å²) in [6, 6.07) is 12.2. The Bertz CT molecular complexity index is 1830.